The second kappa shape index (κ2) is 8.67. The molecule has 0 aromatic heterocycles. The van der Waals surface area contributed by atoms with Gasteiger partial charge in [-0.2, -0.15) is 0 Å². The SMILES string of the molecule is CC(C)C[C@H](NC(=O)[C@@H]1CCCN1C(=O)c1ccccc1)C(C)(C)CO. The van der Waals surface area contributed by atoms with E-state index in [1.165, 1.54) is 0 Å². The molecular formula is C21H32N2O3. The van der Waals surface area contributed by atoms with Gasteiger partial charge in [-0.05, 0) is 37.3 Å². The summed E-state index contributed by atoms with van der Waals surface area (Å²) in [6.45, 7) is 8.73. The summed E-state index contributed by atoms with van der Waals surface area (Å²) < 4.78 is 0. The quantitative estimate of drug-likeness (QED) is 0.785. The highest BCUT2D eigenvalue weighted by atomic mass is 16.3. The van der Waals surface area contributed by atoms with Crippen molar-refractivity contribution in [3.8, 4) is 0 Å². The van der Waals surface area contributed by atoms with Crippen LogP contribution in [0.5, 0.6) is 0 Å². The molecule has 26 heavy (non-hydrogen) atoms. The van der Waals surface area contributed by atoms with E-state index in [-0.39, 0.29) is 24.5 Å². The zero-order valence-corrected chi connectivity index (χ0v) is 16.4. The monoisotopic (exact) mass is 360 g/mol. The van der Waals surface area contributed by atoms with Gasteiger partial charge in [-0.15, -0.1) is 0 Å². The first-order valence-corrected chi connectivity index (χ1v) is 9.53. The van der Waals surface area contributed by atoms with Crippen molar-refractivity contribution in [3.05, 3.63) is 35.9 Å². The van der Waals surface area contributed by atoms with Crippen molar-refractivity contribution in [2.24, 2.45) is 11.3 Å². The molecule has 0 unspecified atom stereocenters. The van der Waals surface area contributed by atoms with Crippen molar-refractivity contribution in [1.29, 1.82) is 0 Å². The molecular weight excluding hydrogens is 328 g/mol. The van der Waals surface area contributed by atoms with Gasteiger partial charge in [-0.25, -0.2) is 0 Å². The van der Waals surface area contributed by atoms with Gasteiger partial charge in [0.05, 0.1) is 6.61 Å². The fraction of sp³-hybridized carbons (Fsp3) is 0.619. The molecule has 0 saturated carbocycles. The standard InChI is InChI=1S/C21H32N2O3/c1-15(2)13-18(21(3,4)14-24)22-19(25)17-11-8-12-23(17)20(26)16-9-6-5-7-10-16/h5-7,9-10,15,17-18,24H,8,11-14H2,1-4H3,(H,22,25)/t17-,18-/m0/s1. The topological polar surface area (TPSA) is 69.6 Å². The third-order valence-corrected chi connectivity index (χ3v) is 5.21. The lowest BCUT2D eigenvalue weighted by Crippen LogP contribution is -2.53. The lowest BCUT2D eigenvalue weighted by Gasteiger charge is -2.36. The van der Waals surface area contributed by atoms with Crippen LogP contribution in [0.15, 0.2) is 30.3 Å². The van der Waals surface area contributed by atoms with E-state index in [0.717, 1.165) is 12.8 Å². The van der Waals surface area contributed by atoms with E-state index in [4.69, 9.17) is 0 Å². The minimum absolute atomic E-state index is 0.00198. The van der Waals surface area contributed by atoms with Crippen molar-refractivity contribution in [2.45, 2.75) is 59.0 Å². The van der Waals surface area contributed by atoms with Crippen LogP contribution in [0.1, 0.15) is 57.3 Å². The number of nitrogens with one attached hydrogen (secondary N) is 1. The molecule has 1 heterocycles. The highest BCUT2D eigenvalue weighted by Gasteiger charge is 2.38. The molecule has 1 aliphatic heterocycles. The second-order valence-corrected chi connectivity index (χ2v) is 8.36. The van der Waals surface area contributed by atoms with Crippen LogP contribution >= 0.6 is 0 Å². The molecule has 1 aromatic rings. The van der Waals surface area contributed by atoms with Crippen LogP contribution in [-0.2, 0) is 4.79 Å². The fourth-order valence-corrected chi connectivity index (χ4v) is 3.45. The van der Waals surface area contributed by atoms with Crippen molar-refractivity contribution >= 4 is 11.8 Å². The summed E-state index contributed by atoms with van der Waals surface area (Å²) in [6, 6.07) is 8.54. The van der Waals surface area contributed by atoms with Crippen LogP contribution in [0.3, 0.4) is 0 Å². The average Bonchev–Trinajstić information content (AvgIpc) is 3.10. The average molecular weight is 360 g/mol. The van der Waals surface area contributed by atoms with Crippen molar-refractivity contribution in [1.82, 2.24) is 10.2 Å². The fourth-order valence-electron chi connectivity index (χ4n) is 3.45. The minimum atomic E-state index is -0.438. The molecule has 0 bridgehead atoms. The van der Waals surface area contributed by atoms with Gasteiger partial charge in [0.2, 0.25) is 5.91 Å². The number of rotatable bonds is 7. The lowest BCUT2D eigenvalue weighted by atomic mass is 9.80. The molecule has 1 aliphatic rings. The Morgan fingerprint density at radius 3 is 2.50 bits per heavy atom. The molecule has 0 spiro atoms. The Kier molecular flexibility index (Phi) is 6.81. The van der Waals surface area contributed by atoms with E-state index in [0.29, 0.717) is 24.4 Å². The Morgan fingerprint density at radius 2 is 1.92 bits per heavy atom. The Labute approximate surface area is 156 Å². The van der Waals surface area contributed by atoms with Gasteiger partial charge in [-0.3, -0.25) is 9.59 Å². The third kappa shape index (κ3) is 4.85. The zero-order chi connectivity index (χ0) is 19.3. The Hall–Kier alpha value is -1.88. The smallest absolute Gasteiger partial charge is 0.254 e. The zero-order valence-electron chi connectivity index (χ0n) is 16.4. The number of carbonyl (C=O) groups excluding carboxylic acids is 2. The molecule has 1 saturated heterocycles. The normalized spacial score (nSPS) is 18.8. The third-order valence-electron chi connectivity index (χ3n) is 5.21. The van der Waals surface area contributed by atoms with Crippen molar-refractivity contribution in [3.63, 3.8) is 0 Å². The first-order chi connectivity index (χ1) is 12.3. The number of aliphatic hydroxyl groups excluding tert-OH is 1. The number of nitrogens with zero attached hydrogens (tertiary/aromatic N) is 1. The van der Waals surface area contributed by atoms with E-state index in [9.17, 15) is 14.7 Å². The Balaban J connectivity index is 2.12. The van der Waals surface area contributed by atoms with E-state index >= 15 is 0 Å². The molecule has 0 radical (unpaired) electrons. The summed E-state index contributed by atoms with van der Waals surface area (Å²) >= 11 is 0. The second-order valence-electron chi connectivity index (χ2n) is 8.36. The predicted molar refractivity (Wildman–Crippen MR) is 103 cm³/mol. The van der Waals surface area contributed by atoms with Crippen LogP contribution in [0.2, 0.25) is 0 Å². The van der Waals surface area contributed by atoms with Gasteiger partial charge in [0, 0.05) is 23.6 Å². The summed E-state index contributed by atoms with van der Waals surface area (Å²) in [4.78, 5) is 27.4. The van der Waals surface area contributed by atoms with Crippen LogP contribution < -0.4 is 5.32 Å². The van der Waals surface area contributed by atoms with Crippen LogP contribution in [0.4, 0.5) is 0 Å². The van der Waals surface area contributed by atoms with Gasteiger partial charge >= 0.3 is 0 Å². The van der Waals surface area contributed by atoms with E-state index < -0.39 is 11.5 Å². The Morgan fingerprint density at radius 1 is 1.27 bits per heavy atom. The first-order valence-electron chi connectivity index (χ1n) is 9.53. The maximum absolute atomic E-state index is 13.0. The van der Waals surface area contributed by atoms with E-state index in [2.05, 4.69) is 19.2 Å². The maximum Gasteiger partial charge on any atom is 0.254 e. The number of amides is 2. The molecule has 2 atom stereocenters. The minimum Gasteiger partial charge on any atom is -0.396 e. The summed E-state index contributed by atoms with van der Waals surface area (Å²) in [7, 11) is 0. The van der Waals surface area contributed by atoms with Gasteiger partial charge in [0.25, 0.3) is 5.91 Å². The molecule has 2 amide bonds. The number of benzene rings is 1. The number of carbonyl (C=O) groups is 2. The van der Waals surface area contributed by atoms with Gasteiger partial charge in [0.15, 0.2) is 0 Å². The molecule has 1 fully saturated rings. The molecule has 144 valence electrons. The van der Waals surface area contributed by atoms with Crippen LogP contribution in [0.25, 0.3) is 0 Å². The van der Waals surface area contributed by atoms with Gasteiger partial charge in [-0.1, -0.05) is 45.9 Å². The number of hydrogen-bond acceptors (Lipinski definition) is 3. The van der Waals surface area contributed by atoms with Gasteiger partial charge in [0.1, 0.15) is 6.04 Å². The highest BCUT2D eigenvalue weighted by Crippen LogP contribution is 2.27. The van der Waals surface area contributed by atoms with Crippen molar-refractivity contribution < 1.29 is 14.7 Å². The van der Waals surface area contributed by atoms with Gasteiger partial charge < -0.3 is 15.3 Å². The van der Waals surface area contributed by atoms with Crippen LogP contribution in [-0.4, -0.2) is 47.1 Å². The largest absolute Gasteiger partial charge is 0.396 e. The summed E-state index contributed by atoms with van der Waals surface area (Å²) in [5.41, 5.74) is 0.203. The number of likely N-dealkylation sites (tertiary alicyclic amines) is 1. The Bertz CT molecular complexity index is 613. The van der Waals surface area contributed by atoms with E-state index in [1.807, 2.05) is 32.0 Å². The molecule has 2 N–H and O–H groups in total. The molecule has 1 aromatic carbocycles. The van der Waals surface area contributed by atoms with Crippen LogP contribution in [0, 0.1) is 11.3 Å². The predicted octanol–water partition coefficient (Wildman–Crippen LogP) is 2.84. The summed E-state index contributed by atoms with van der Waals surface area (Å²) in [5.74, 6) is 0.195. The molecule has 5 heteroatoms. The summed E-state index contributed by atoms with van der Waals surface area (Å²) in [5, 5.41) is 12.9. The molecule has 5 nitrogen and oxygen atoms in total. The number of aliphatic hydroxyl groups is 1. The molecule has 0 aliphatic carbocycles. The van der Waals surface area contributed by atoms with E-state index in [1.54, 1.807) is 17.0 Å². The highest BCUT2D eigenvalue weighted by molar-refractivity contribution is 5.98. The summed E-state index contributed by atoms with van der Waals surface area (Å²) in [6.07, 6.45) is 2.30. The maximum atomic E-state index is 13.0. The molecule has 2 rings (SSSR count). The lowest BCUT2D eigenvalue weighted by molar-refractivity contribution is -0.126. The van der Waals surface area contributed by atoms with Crippen molar-refractivity contribution in [2.75, 3.05) is 13.2 Å². The first kappa shape index (κ1) is 20.4. The number of hydrogen-bond donors (Lipinski definition) is 2.